The Morgan fingerprint density at radius 3 is 2.89 bits per heavy atom. The van der Waals surface area contributed by atoms with E-state index in [-0.39, 0.29) is 29.8 Å². The van der Waals surface area contributed by atoms with Crippen LogP contribution in [0.25, 0.3) is 6.08 Å². The molecule has 1 spiro atoms. The van der Waals surface area contributed by atoms with Crippen molar-refractivity contribution in [3.63, 3.8) is 0 Å². The third-order valence-corrected chi connectivity index (χ3v) is 9.74. The van der Waals surface area contributed by atoms with Crippen LogP contribution in [-0.4, -0.2) is 69.8 Å². The second-order valence-electron chi connectivity index (χ2n) is 11.8. The quantitative estimate of drug-likeness (QED) is 0.634. The molecule has 5 aliphatic rings. The second-order valence-corrected chi connectivity index (χ2v) is 11.8. The number of aromatic hydroxyl groups is 1. The fourth-order valence-corrected chi connectivity index (χ4v) is 7.85. The number of aryl methyl sites for hydroxylation is 1. The molecule has 5 atom stereocenters. The molecule has 2 aromatic rings. The van der Waals surface area contributed by atoms with Crippen LogP contribution in [0.3, 0.4) is 0 Å². The highest BCUT2D eigenvalue weighted by Crippen LogP contribution is 2.67. The number of likely N-dealkylation sites (N-methyl/N-ethyl adjacent to an activating group) is 1. The minimum absolute atomic E-state index is 0.00252. The molecule has 0 aromatic heterocycles. The van der Waals surface area contributed by atoms with Gasteiger partial charge in [0.1, 0.15) is 6.10 Å². The van der Waals surface area contributed by atoms with E-state index in [0.717, 1.165) is 48.5 Å². The summed E-state index contributed by atoms with van der Waals surface area (Å²) in [6, 6.07) is 11.5. The minimum atomic E-state index is -1.00. The number of carbonyl (C=O) groups excluding carboxylic acids is 1. The number of hydrogen-bond acceptors (Lipinski definition) is 5. The van der Waals surface area contributed by atoms with Crippen LogP contribution in [0.5, 0.6) is 11.5 Å². The van der Waals surface area contributed by atoms with Gasteiger partial charge in [0.25, 0.3) is 0 Å². The Morgan fingerprint density at radius 2 is 2.11 bits per heavy atom. The van der Waals surface area contributed by atoms with Crippen LogP contribution in [-0.2, 0) is 16.6 Å². The zero-order valence-electron chi connectivity index (χ0n) is 21.0. The maximum absolute atomic E-state index is 13.4. The van der Waals surface area contributed by atoms with Gasteiger partial charge in [-0.05, 0) is 68.3 Å². The molecule has 3 aliphatic carbocycles. The fraction of sp³-hybridized carbons (Fsp3) is 0.500. The summed E-state index contributed by atoms with van der Waals surface area (Å²) < 4.78 is 6.54. The SMILES string of the molecule is Cc1cccc(/C=C/C(=O)N(C)[C@@H]2C[C@@]3(O)[C@@H]4Cc5ccc(O)c6c5[C@@]3(CCN4CC3CC3)[C@H]2O6)c1. The summed E-state index contributed by atoms with van der Waals surface area (Å²) in [7, 11) is 1.82. The van der Waals surface area contributed by atoms with Gasteiger partial charge in [0.05, 0.1) is 17.1 Å². The van der Waals surface area contributed by atoms with Crippen LogP contribution in [0.15, 0.2) is 42.5 Å². The van der Waals surface area contributed by atoms with Gasteiger partial charge in [-0.2, -0.15) is 0 Å². The van der Waals surface area contributed by atoms with Crippen molar-refractivity contribution in [2.75, 3.05) is 20.1 Å². The number of piperidine rings is 1. The topological polar surface area (TPSA) is 73.2 Å². The van der Waals surface area contributed by atoms with Crippen molar-refractivity contribution in [3.8, 4) is 11.5 Å². The number of hydrogen-bond donors (Lipinski definition) is 2. The Labute approximate surface area is 212 Å². The zero-order valence-corrected chi connectivity index (χ0v) is 21.0. The molecule has 1 saturated heterocycles. The Hall–Kier alpha value is -2.83. The lowest BCUT2D eigenvalue weighted by atomic mass is 9.56. The lowest BCUT2D eigenvalue weighted by Gasteiger charge is -2.57. The van der Waals surface area contributed by atoms with Crippen molar-refractivity contribution in [1.82, 2.24) is 9.80 Å². The smallest absolute Gasteiger partial charge is 0.246 e. The molecule has 3 fully saturated rings. The van der Waals surface area contributed by atoms with Gasteiger partial charge in [0.2, 0.25) is 5.91 Å². The monoisotopic (exact) mass is 486 g/mol. The van der Waals surface area contributed by atoms with Crippen molar-refractivity contribution in [2.24, 2.45) is 5.92 Å². The van der Waals surface area contributed by atoms with Gasteiger partial charge < -0.3 is 19.8 Å². The number of benzene rings is 2. The average molecular weight is 487 g/mol. The van der Waals surface area contributed by atoms with Crippen molar-refractivity contribution >= 4 is 12.0 Å². The Bertz CT molecular complexity index is 1290. The molecule has 1 amide bonds. The summed E-state index contributed by atoms with van der Waals surface area (Å²) in [6.07, 6.45) is 7.66. The van der Waals surface area contributed by atoms with E-state index in [4.69, 9.17) is 4.74 Å². The van der Waals surface area contributed by atoms with Crippen molar-refractivity contribution in [2.45, 2.75) is 68.2 Å². The number of phenolic OH excluding ortho intramolecular Hbond substituents is 1. The number of carbonyl (C=O) groups is 1. The van der Waals surface area contributed by atoms with E-state index in [2.05, 4.69) is 4.90 Å². The van der Waals surface area contributed by atoms with Crippen LogP contribution in [0.4, 0.5) is 0 Å². The third-order valence-electron chi connectivity index (χ3n) is 9.74. The number of aliphatic hydroxyl groups is 1. The Kier molecular flexibility index (Phi) is 4.72. The largest absolute Gasteiger partial charge is 0.504 e. The molecule has 36 heavy (non-hydrogen) atoms. The molecule has 0 radical (unpaired) electrons. The van der Waals surface area contributed by atoms with E-state index in [1.807, 2.05) is 50.4 Å². The second kappa shape index (κ2) is 7.59. The number of ether oxygens (including phenoxy) is 1. The molecule has 2 N–H and O–H groups in total. The summed E-state index contributed by atoms with van der Waals surface area (Å²) in [6.45, 7) is 3.98. The minimum Gasteiger partial charge on any atom is -0.504 e. The van der Waals surface area contributed by atoms with Gasteiger partial charge in [-0.15, -0.1) is 0 Å². The lowest BCUT2D eigenvalue weighted by Crippen LogP contribution is -2.70. The molecule has 188 valence electrons. The highest BCUT2D eigenvalue weighted by molar-refractivity contribution is 5.92. The van der Waals surface area contributed by atoms with E-state index in [0.29, 0.717) is 12.2 Å². The number of nitrogens with zero attached hydrogens (tertiary/aromatic N) is 2. The van der Waals surface area contributed by atoms with Gasteiger partial charge in [0, 0.05) is 37.7 Å². The molecule has 2 saturated carbocycles. The average Bonchev–Trinajstić information content (AvgIpc) is 3.53. The van der Waals surface area contributed by atoms with Gasteiger partial charge in [-0.1, -0.05) is 35.9 Å². The number of amides is 1. The van der Waals surface area contributed by atoms with Gasteiger partial charge in [0.15, 0.2) is 11.5 Å². The molecule has 6 heteroatoms. The fourth-order valence-electron chi connectivity index (χ4n) is 7.85. The molecule has 2 aromatic carbocycles. The molecule has 2 aliphatic heterocycles. The summed E-state index contributed by atoms with van der Waals surface area (Å²) >= 11 is 0. The molecule has 2 bridgehead atoms. The summed E-state index contributed by atoms with van der Waals surface area (Å²) in [5, 5.41) is 23.3. The predicted molar refractivity (Wildman–Crippen MR) is 137 cm³/mol. The van der Waals surface area contributed by atoms with E-state index in [1.54, 1.807) is 17.0 Å². The van der Waals surface area contributed by atoms with E-state index >= 15 is 0 Å². The first kappa shape index (κ1) is 22.4. The van der Waals surface area contributed by atoms with Crippen molar-refractivity contribution in [1.29, 1.82) is 0 Å². The number of likely N-dealkylation sites (tertiary alicyclic amines) is 1. The first-order chi connectivity index (χ1) is 17.3. The number of rotatable bonds is 5. The van der Waals surface area contributed by atoms with E-state index in [1.165, 1.54) is 18.4 Å². The maximum Gasteiger partial charge on any atom is 0.246 e. The Balaban J connectivity index is 1.26. The van der Waals surface area contributed by atoms with Crippen LogP contribution in [0.1, 0.15) is 47.9 Å². The van der Waals surface area contributed by atoms with Crippen LogP contribution in [0.2, 0.25) is 0 Å². The predicted octanol–water partition coefficient (Wildman–Crippen LogP) is 3.42. The van der Waals surface area contributed by atoms with Crippen LogP contribution in [0, 0.1) is 12.8 Å². The van der Waals surface area contributed by atoms with Gasteiger partial charge in [-0.3, -0.25) is 9.69 Å². The normalized spacial score (nSPS) is 34.0. The van der Waals surface area contributed by atoms with Crippen LogP contribution < -0.4 is 4.74 Å². The molecule has 0 unspecified atom stereocenters. The molecule has 6 nitrogen and oxygen atoms in total. The zero-order chi connectivity index (χ0) is 24.8. The third kappa shape index (κ3) is 2.94. The van der Waals surface area contributed by atoms with E-state index < -0.39 is 11.0 Å². The van der Waals surface area contributed by atoms with Crippen molar-refractivity contribution in [3.05, 3.63) is 64.7 Å². The summed E-state index contributed by atoms with van der Waals surface area (Å²) in [5.74, 6) is 1.29. The summed E-state index contributed by atoms with van der Waals surface area (Å²) in [4.78, 5) is 17.6. The molecular formula is C30H34N2O4. The standard InChI is InChI=1S/C30H34N2O4/c1-18-4-3-5-19(14-18)8-11-25(34)31(2)22-16-30(35)24-15-21-9-10-23(33)27-26(21)29(30,28(22)36-27)12-13-32(24)17-20-6-7-20/h3-5,8-11,14,20,22,24,28,33,35H,6-7,12-13,15-17H2,1-2H3/b11-8+/t22-,24+,28+,29+,30-/m1/s1. The van der Waals surface area contributed by atoms with Gasteiger partial charge >= 0.3 is 0 Å². The highest BCUT2D eigenvalue weighted by Gasteiger charge is 2.76. The first-order valence-electron chi connectivity index (χ1n) is 13.3. The highest BCUT2D eigenvalue weighted by atomic mass is 16.5. The molecule has 7 rings (SSSR count). The molecule has 2 heterocycles. The summed E-state index contributed by atoms with van der Waals surface area (Å²) in [5.41, 5.74) is 2.70. The number of phenols is 1. The maximum atomic E-state index is 13.4. The Morgan fingerprint density at radius 1 is 1.28 bits per heavy atom. The van der Waals surface area contributed by atoms with Gasteiger partial charge in [-0.25, -0.2) is 0 Å². The molecular weight excluding hydrogens is 452 g/mol. The van der Waals surface area contributed by atoms with Crippen molar-refractivity contribution < 1.29 is 19.7 Å². The van der Waals surface area contributed by atoms with Crippen LogP contribution >= 0.6 is 0 Å². The first-order valence-corrected chi connectivity index (χ1v) is 13.3. The van der Waals surface area contributed by atoms with E-state index in [9.17, 15) is 15.0 Å². The lowest BCUT2D eigenvalue weighted by molar-refractivity contribution is -0.138.